The van der Waals surface area contributed by atoms with Crippen LogP contribution in [0.3, 0.4) is 0 Å². The Bertz CT molecular complexity index is 632. The van der Waals surface area contributed by atoms with E-state index < -0.39 is 0 Å². The van der Waals surface area contributed by atoms with Crippen LogP contribution in [-0.2, 0) is 0 Å². The summed E-state index contributed by atoms with van der Waals surface area (Å²) in [7, 11) is 0. The topological polar surface area (TPSA) is 43.1 Å². The monoisotopic (exact) mass is 417 g/mol. The summed E-state index contributed by atoms with van der Waals surface area (Å²) in [4.78, 5) is 12.3. The van der Waals surface area contributed by atoms with Crippen molar-refractivity contribution in [1.82, 2.24) is 0 Å². The summed E-state index contributed by atoms with van der Waals surface area (Å²) in [6, 6.07) is -0.276. The van der Waals surface area contributed by atoms with E-state index in [1.165, 1.54) is 64.2 Å². The van der Waals surface area contributed by atoms with Crippen LogP contribution in [-0.4, -0.2) is 11.0 Å². The lowest BCUT2D eigenvalue weighted by Crippen LogP contribution is -2.58. The van der Waals surface area contributed by atoms with Gasteiger partial charge in [-0.2, -0.15) is 0 Å². The minimum Gasteiger partial charge on any atom is -0.264 e. The lowest BCUT2D eigenvalue weighted by molar-refractivity contribution is -0.547. The second-order valence-electron chi connectivity index (χ2n) is 12.9. The first kappa shape index (κ1) is 22.6. The van der Waals surface area contributed by atoms with E-state index in [1.807, 2.05) is 0 Å². The summed E-state index contributed by atoms with van der Waals surface area (Å²) < 4.78 is 0. The molecule has 4 aliphatic rings. The molecule has 0 heterocycles. The van der Waals surface area contributed by atoms with E-state index in [9.17, 15) is 10.1 Å². The van der Waals surface area contributed by atoms with Crippen LogP contribution in [0.2, 0.25) is 0 Å². The van der Waals surface area contributed by atoms with Crippen molar-refractivity contribution in [2.45, 2.75) is 118 Å². The zero-order valence-electron chi connectivity index (χ0n) is 20.4. The van der Waals surface area contributed by atoms with Gasteiger partial charge < -0.3 is 0 Å². The fourth-order valence-electron chi connectivity index (χ4n) is 9.61. The number of hydrogen-bond acceptors (Lipinski definition) is 2. The van der Waals surface area contributed by atoms with Crippen molar-refractivity contribution < 1.29 is 4.92 Å². The molecule has 0 saturated heterocycles. The molecule has 0 unspecified atom stereocenters. The lowest BCUT2D eigenvalue weighted by atomic mass is 9.43. The van der Waals surface area contributed by atoms with Crippen LogP contribution in [0, 0.1) is 62.4 Å². The smallest absolute Gasteiger partial charge is 0.216 e. The molecule has 0 amide bonds. The highest BCUT2D eigenvalue weighted by Crippen LogP contribution is 2.68. The van der Waals surface area contributed by atoms with Gasteiger partial charge in [0.2, 0.25) is 6.04 Å². The maximum absolute atomic E-state index is 12.1. The fourth-order valence-corrected chi connectivity index (χ4v) is 9.61. The largest absolute Gasteiger partial charge is 0.264 e. The lowest BCUT2D eigenvalue weighted by Gasteiger charge is -2.60. The van der Waals surface area contributed by atoms with E-state index in [4.69, 9.17) is 0 Å². The molecule has 0 spiro atoms. The Morgan fingerprint density at radius 3 is 2.33 bits per heavy atom. The first-order valence-electron chi connectivity index (χ1n) is 13.3. The van der Waals surface area contributed by atoms with Gasteiger partial charge in [0, 0.05) is 17.3 Å². The average molecular weight is 418 g/mol. The summed E-state index contributed by atoms with van der Waals surface area (Å²) in [5.74, 6) is 4.86. The molecule has 30 heavy (non-hydrogen) atoms. The summed E-state index contributed by atoms with van der Waals surface area (Å²) >= 11 is 0. The number of hydrogen-bond donors (Lipinski definition) is 0. The van der Waals surface area contributed by atoms with Crippen molar-refractivity contribution in [3.63, 3.8) is 0 Å². The molecule has 3 heteroatoms. The Morgan fingerprint density at radius 1 is 0.900 bits per heavy atom. The summed E-state index contributed by atoms with van der Waals surface area (Å²) in [6.45, 7) is 12.3. The maximum Gasteiger partial charge on any atom is 0.216 e. The van der Waals surface area contributed by atoms with Gasteiger partial charge in [-0.1, -0.05) is 66.7 Å². The van der Waals surface area contributed by atoms with Gasteiger partial charge in [0.1, 0.15) is 0 Å². The molecule has 9 atom stereocenters. The van der Waals surface area contributed by atoms with Gasteiger partial charge in [0.05, 0.1) is 0 Å². The van der Waals surface area contributed by atoms with Crippen LogP contribution in [0.1, 0.15) is 112 Å². The van der Waals surface area contributed by atoms with Gasteiger partial charge in [0.25, 0.3) is 0 Å². The Hall–Kier alpha value is -0.600. The van der Waals surface area contributed by atoms with E-state index in [0.717, 1.165) is 42.4 Å². The van der Waals surface area contributed by atoms with Crippen LogP contribution in [0.25, 0.3) is 0 Å². The van der Waals surface area contributed by atoms with Crippen LogP contribution >= 0.6 is 0 Å². The van der Waals surface area contributed by atoms with E-state index in [-0.39, 0.29) is 16.4 Å². The van der Waals surface area contributed by atoms with Gasteiger partial charge in [0.15, 0.2) is 0 Å². The van der Waals surface area contributed by atoms with Crippen molar-refractivity contribution in [2.75, 3.05) is 0 Å². The standard InChI is InChI=1S/C27H47NO2/c1-18(2)9-8-10-19(3)21-12-13-22-20-17-25(28(29)30)24-11-6-7-15-26(24,4)23(20)14-16-27(21,22)5/h18-25H,6-17H2,1-5H3/t19-,20+,21+,22-,23-,24-,25+,26-,27+/m1/s1. The molecule has 0 aromatic rings. The molecule has 0 radical (unpaired) electrons. The van der Waals surface area contributed by atoms with Gasteiger partial charge in [-0.05, 0) is 84.9 Å². The quantitative estimate of drug-likeness (QED) is 0.327. The van der Waals surface area contributed by atoms with Crippen molar-refractivity contribution in [1.29, 1.82) is 0 Å². The molecule has 0 N–H and O–H groups in total. The zero-order chi connectivity index (χ0) is 21.7. The molecule has 3 nitrogen and oxygen atoms in total. The highest BCUT2D eigenvalue weighted by atomic mass is 16.6. The number of nitrogens with zero attached hydrogens (tertiary/aromatic N) is 1. The number of rotatable bonds is 6. The first-order chi connectivity index (χ1) is 14.2. The highest BCUT2D eigenvalue weighted by Gasteiger charge is 2.64. The number of fused-ring (bicyclic) bond motifs is 5. The van der Waals surface area contributed by atoms with E-state index >= 15 is 0 Å². The Kier molecular flexibility index (Phi) is 6.32. The molecule has 0 bridgehead atoms. The minimum absolute atomic E-state index is 0.136. The normalized spacial score (nSPS) is 46.7. The molecular formula is C27H47NO2. The summed E-state index contributed by atoms with van der Waals surface area (Å²) in [6.07, 6.45) is 15.2. The molecule has 4 aliphatic carbocycles. The van der Waals surface area contributed by atoms with Crippen molar-refractivity contribution in [2.24, 2.45) is 52.3 Å². The number of nitro groups is 1. The average Bonchev–Trinajstić information content (AvgIpc) is 3.03. The molecule has 4 rings (SSSR count). The molecule has 4 fully saturated rings. The van der Waals surface area contributed by atoms with Crippen molar-refractivity contribution in [3.8, 4) is 0 Å². The third-order valence-electron chi connectivity index (χ3n) is 11.1. The van der Waals surface area contributed by atoms with Gasteiger partial charge >= 0.3 is 0 Å². The van der Waals surface area contributed by atoms with E-state index in [0.29, 0.717) is 17.3 Å². The molecule has 0 aromatic heterocycles. The van der Waals surface area contributed by atoms with Crippen LogP contribution in [0.15, 0.2) is 0 Å². The summed E-state index contributed by atoms with van der Waals surface area (Å²) in [5, 5.41) is 12.1. The minimum atomic E-state index is -0.276. The van der Waals surface area contributed by atoms with E-state index in [1.54, 1.807) is 0 Å². The van der Waals surface area contributed by atoms with Crippen LogP contribution in [0.4, 0.5) is 0 Å². The Morgan fingerprint density at radius 2 is 1.63 bits per heavy atom. The van der Waals surface area contributed by atoms with Gasteiger partial charge in [-0.15, -0.1) is 0 Å². The Labute approximate surface area is 185 Å². The molecular weight excluding hydrogens is 370 g/mol. The van der Waals surface area contributed by atoms with Crippen molar-refractivity contribution >= 4 is 0 Å². The van der Waals surface area contributed by atoms with Crippen LogP contribution < -0.4 is 0 Å². The van der Waals surface area contributed by atoms with Crippen LogP contribution in [0.5, 0.6) is 0 Å². The zero-order valence-corrected chi connectivity index (χ0v) is 20.4. The second-order valence-corrected chi connectivity index (χ2v) is 12.9. The third-order valence-corrected chi connectivity index (χ3v) is 11.1. The predicted molar refractivity (Wildman–Crippen MR) is 124 cm³/mol. The Balaban J connectivity index is 1.54. The molecule has 0 aromatic carbocycles. The first-order valence-corrected chi connectivity index (χ1v) is 13.3. The SMILES string of the molecule is CC(C)CCC[C@@H](C)[C@@H]1CC[C@@H]2[C@@H]3C[C@H]([N+](=O)[O-])[C@H]4CCCC[C@]4(C)[C@@H]3CC[C@]21C. The van der Waals surface area contributed by atoms with E-state index in [2.05, 4.69) is 34.6 Å². The molecule has 0 aliphatic heterocycles. The second kappa shape index (κ2) is 8.39. The van der Waals surface area contributed by atoms with Gasteiger partial charge in [-0.3, -0.25) is 10.1 Å². The summed E-state index contributed by atoms with van der Waals surface area (Å²) in [5.41, 5.74) is 0.651. The highest BCUT2D eigenvalue weighted by molar-refractivity contribution is 5.11. The maximum atomic E-state index is 12.1. The third kappa shape index (κ3) is 3.64. The predicted octanol–water partition coefficient (Wildman–Crippen LogP) is 7.75. The van der Waals surface area contributed by atoms with Gasteiger partial charge in [-0.25, -0.2) is 0 Å². The molecule has 4 saturated carbocycles. The fraction of sp³-hybridized carbons (Fsp3) is 1.00. The molecule has 172 valence electrons. The van der Waals surface area contributed by atoms with Crippen molar-refractivity contribution in [3.05, 3.63) is 10.1 Å².